The van der Waals surface area contributed by atoms with Gasteiger partial charge >= 0.3 is 5.69 Å². The molecule has 1 saturated heterocycles. The molecule has 9 heteroatoms. The standard InChI is InChI=1S/C10H14N4O5/c11-8-4(9(12)17)2-14(10(18)13-8)7-1-5(16)6(3-15)19-7/h2,5-7,15-16H,1,3H2,(H2,12,17)(H2,11,13,18)/t5-,6+,7+/m1/s1. The van der Waals surface area contributed by atoms with E-state index in [9.17, 15) is 14.7 Å². The summed E-state index contributed by atoms with van der Waals surface area (Å²) >= 11 is 0. The van der Waals surface area contributed by atoms with Gasteiger partial charge < -0.3 is 26.4 Å². The van der Waals surface area contributed by atoms with E-state index in [4.69, 9.17) is 21.3 Å². The molecule has 19 heavy (non-hydrogen) atoms. The summed E-state index contributed by atoms with van der Waals surface area (Å²) in [6.45, 7) is -0.377. The monoisotopic (exact) mass is 270 g/mol. The van der Waals surface area contributed by atoms with E-state index in [1.807, 2.05) is 0 Å². The number of nitrogens with two attached hydrogens (primary N) is 2. The molecule has 2 heterocycles. The van der Waals surface area contributed by atoms with E-state index >= 15 is 0 Å². The normalized spacial score (nSPS) is 26.5. The van der Waals surface area contributed by atoms with E-state index in [2.05, 4.69) is 4.98 Å². The predicted molar refractivity (Wildman–Crippen MR) is 63.0 cm³/mol. The predicted octanol–water partition coefficient (Wildman–Crippen LogP) is -2.43. The number of primary amides is 1. The van der Waals surface area contributed by atoms with Crippen LogP contribution in [-0.4, -0.2) is 44.5 Å². The molecule has 0 saturated carbocycles. The van der Waals surface area contributed by atoms with E-state index in [0.29, 0.717) is 0 Å². The van der Waals surface area contributed by atoms with E-state index in [0.717, 1.165) is 10.8 Å². The van der Waals surface area contributed by atoms with E-state index < -0.39 is 30.0 Å². The van der Waals surface area contributed by atoms with Crippen LogP contribution in [0.25, 0.3) is 0 Å². The molecule has 1 fully saturated rings. The molecule has 0 aromatic carbocycles. The molecule has 1 amide bonds. The van der Waals surface area contributed by atoms with Crippen LogP contribution in [0.3, 0.4) is 0 Å². The van der Waals surface area contributed by atoms with Gasteiger partial charge in [0.2, 0.25) is 0 Å². The Kier molecular flexibility index (Phi) is 3.51. The van der Waals surface area contributed by atoms with E-state index in [1.165, 1.54) is 0 Å². The average Bonchev–Trinajstić information content (AvgIpc) is 2.69. The van der Waals surface area contributed by atoms with Crippen molar-refractivity contribution in [1.82, 2.24) is 9.55 Å². The fraction of sp³-hybridized carbons (Fsp3) is 0.500. The molecule has 9 nitrogen and oxygen atoms in total. The van der Waals surface area contributed by atoms with Gasteiger partial charge in [0.15, 0.2) is 0 Å². The molecule has 0 aliphatic carbocycles. The Morgan fingerprint density at radius 3 is 2.84 bits per heavy atom. The maximum Gasteiger partial charge on any atom is 0.351 e. The molecular weight excluding hydrogens is 256 g/mol. The molecule has 6 N–H and O–H groups in total. The van der Waals surface area contributed by atoms with Crippen molar-refractivity contribution in [2.45, 2.75) is 24.9 Å². The number of aromatic nitrogens is 2. The van der Waals surface area contributed by atoms with E-state index in [-0.39, 0.29) is 24.4 Å². The third kappa shape index (κ3) is 2.43. The summed E-state index contributed by atoms with van der Waals surface area (Å²) in [7, 11) is 0. The number of nitrogens with zero attached hydrogens (tertiary/aromatic N) is 2. The summed E-state index contributed by atoms with van der Waals surface area (Å²) in [6.07, 6.45) is -1.28. The lowest BCUT2D eigenvalue weighted by Crippen LogP contribution is -2.31. The van der Waals surface area contributed by atoms with Crippen LogP contribution < -0.4 is 17.2 Å². The van der Waals surface area contributed by atoms with Crippen molar-refractivity contribution < 1.29 is 19.7 Å². The Morgan fingerprint density at radius 1 is 1.63 bits per heavy atom. The Labute approximate surface area is 107 Å². The summed E-state index contributed by atoms with van der Waals surface area (Å²) in [6, 6.07) is 0. The molecule has 1 aromatic heterocycles. The smallest absolute Gasteiger partial charge is 0.351 e. The minimum Gasteiger partial charge on any atom is -0.394 e. The van der Waals surface area contributed by atoms with Gasteiger partial charge in [-0.1, -0.05) is 0 Å². The molecular formula is C10H14N4O5. The van der Waals surface area contributed by atoms with Crippen LogP contribution in [0, 0.1) is 0 Å². The number of hydrogen-bond donors (Lipinski definition) is 4. The summed E-state index contributed by atoms with van der Waals surface area (Å²) in [5.41, 5.74) is 9.69. The van der Waals surface area contributed by atoms with E-state index in [1.54, 1.807) is 0 Å². The molecule has 2 rings (SSSR count). The third-order valence-corrected chi connectivity index (χ3v) is 2.94. The van der Waals surface area contributed by atoms with Gasteiger partial charge in [-0.3, -0.25) is 9.36 Å². The van der Waals surface area contributed by atoms with Gasteiger partial charge in [-0.15, -0.1) is 0 Å². The summed E-state index contributed by atoms with van der Waals surface area (Å²) in [5.74, 6) is -1.08. The number of carbonyl (C=O) groups is 1. The average molecular weight is 270 g/mol. The van der Waals surface area contributed by atoms with Gasteiger partial charge in [0.1, 0.15) is 18.1 Å². The van der Waals surface area contributed by atoms with Crippen LogP contribution >= 0.6 is 0 Å². The van der Waals surface area contributed by atoms with Gasteiger partial charge in [-0.2, -0.15) is 4.98 Å². The van der Waals surface area contributed by atoms with Crippen LogP contribution in [0.5, 0.6) is 0 Å². The van der Waals surface area contributed by atoms with Crippen molar-refractivity contribution in [3.05, 3.63) is 22.2 Å². The maximum absolute atomic E-state index is 11.7. The topological polar surface area (TPSA) is 154 Å². The first-order chi connectivity index (χ1) is 8.93. The minimum atomic E-state index is -0.906. The molecule has 1 aliphatic rings. The van der Waals surface area contributed by atoms with Gasteiger partial charge in [-0.25, -0.2) is 4.79 Å². The van der Waals surface area contributed by atoms with Crippen LogP contribution in [0.1, 0.15) is 23.0 Å². The fourth-order valence-corrected chi connectivity index (χ4v) is 1.93. The molecule has 0 spiro atoms. The quantitative estimate of drug-likeness (QED) is 0.476. The van der Waals surface area contributed by atoms with Gasteiger partial charge in [0.05, 0.1) is 18.3 Å². The van der Waals surface area contributed by atoms with Crippen LogP contribution in [-0.2, 0) is 4.74 Å². The summed E-state index contributed by atoms with van der Waals surface area (Å²) in [5, 5.41) is 18.6. The zero-order valence-corrected chi connectivity index (χ0v) is 9.89. The first kappa shape index (κ1) is 13.5. The number of carbonyl (C=O) groups excluding carboxylic acids is 1. The highest BCUT2D eigenvalue weighted by Gasteiger charge is 2.35. The number of hydrogen-bond acceptors (Lipinski definition) is 7. The van der Waals surface area contributed by atoms with Crippen molar-refractivity contribution in [1.29, 1.82) is 0 Å². The molecule has 0 bridgehead atoms. The first-order valence-corrected chi connectivity index (χ1v) is 5.57. The third-order valence-electron chi connectivity index (χ3n) is 2.94. The Hall–Kier alpha value is -1.97. The molecule has 1 aliphatic heterocycles. The molecule has 1 aromatic rings. The molecule has 0 unspecified atom stereocenters. The SMILES string of the molecule is NC(=O)c1cn([C@@H]2C[C@@H](O)[C@H](CO)O2)c(=O)nc1N. The summed E-state index contributed by atoms with van der Waals surface area (Å²) in [4.78, 5) is 26.3. The maximum atomic E-state index is 11.7. The van der Waals surface area contributed by atoms with Crippen LogP contribution in [0.4, 0.5) is 5.82 Å². The van der Waals surface area contributed by atoms with Gasteiger partial charge in [0, 0.05) is 12.6 Å². The number of aliphatic hydroxyl groups excluding tert-OH is 2. The van der Waals surface area contributed by atoms with Crippen molar-refractivity contribution >= 4 is 11.7 Å². The number of nitrogen functional groups attached to an aromatic ring is 1. The minimum absolute atomic E-state index is 0.0922. The van der Waals surface area contributed by atoms with Crippen LogP contribution in [0.2, 0.25) is 0 Å². The van der Waals surface area contributed by atoms with Crippen LogP contribution in [0.15, 0.2) is 11.0 Å². The molecule has 0 radical (unpaired) electrons. The largest absolute Gasteiger partial charge is 0.394 e. The van der Waals surface area contributed by atoms with Gasteiger partial charge in [-0.05, 0) is 0 Å². The van der Waals surface area contributed by atoms with Gasteiger partial charge in [0.25, 0.3) is 5.91 Å². The lowest BCUT2D eigenvalue weighted by molar-refractivity contribution is -0.0459. The Balaban J connectivity index is 2.38. The van der Waals surface area contributed by atoms with Crippen molar-refractivity contribution in [2.24, 2.45) is 5.73 Å². The highest BCUT2D eigenvalue weighted by molar-refractivity contribution is 5.96. The fourth-order valence-electron chi connectivity index (χ4n) is 1.93. The molecule has 3 atom stereocenters. The van der Waals surface area contributed by atoms with Crippen molar-refractivity contribution in [3.8, 4) is 0 Å². The number of aliphatic hydroxyl groups is 2. The number of ether oxygens (including phenoxy) is 1. The number of rotatable bonds is 3. The Morgan fingerprint density at radius 2 is 2.32 bits per heavy atom. The first-order valence-electron chi connectivity index (χ1n) is 5.57. The zero-order chi connectivity index (χ0) is 14.2. The Bertz CT molecular complexity index is 557. The number of anilines is 1. The highest BCUT2D eigenvalue weighted by atomic mass is 16.5. The second-order valence-corrected chi connectivity index (χ2v) is 4.21. The second-order valence-electron chi connectivity index (χ2n) is 4.21. The highest BCUT2D eigenvalue weighted by Crippen LogP contribution is 2.27. The summed E-state index contributed by atoms with van der Waals surface area (Å²) < 4.78 is 6.32. The number of amides is 1. The lowest BCUT2D eigenvalue weighted by Gasteiger charge is -2.15. The zero-order valence-electron chi connectivity index (χ0n) is 9.89. The second kappa shape index (κ2) is 4.96. The van der Waals surface area contributed by atoms with Crippen molar-refractivity contribution in [2.75, 3.05) is 12.3 Å². The van der Waals surface area contributed by atoms with Crippen molar-refractivity contribution in [3.63, 3.8) is 0 Å². The molecule has 104 valence electrons. The lowest BCUT2D eigenvalue weighted by atomic mass is 10.2.